The quantitative estimate of drug-likeness (QED) is 0.518. The minimum absolute atomic E-state index is 0.668. The summed E-state index contributed by atoms with van der Waals surface area (Å²) in [4.78, 5) is 9.34. The van der Waals surface area contributed by atoms with Crippen molar-refractivity contribution in [2.75, 3.05) is 30.9 Å². The van der Waals surface area contributed by atoms with Crippen LogP contribution in [-0.2, 0) is 4.74 Å². The zero-order chi connectivity index (χ0) is 19.1. The van der Waals surface area contributed by atoms with Gasteiger partial charge in [-0.25, -0.2) is 9.97 Å². The lowest BCUT2D eigenvalue weighted by atomic mass is 10.2. The van der Waals surface area contributed by atoms with Crippen LogP contribution in [0.3, 0.4) is 0 Å². The second-order valence-corrected chi connectivity index (χ2v) is 6.62. The van der Waals surface area contributed by atoms with E-state index < -0.39 is 0 Å². The van der Waals surface area contributed by atoms with Crippen molar-refractivity contribution >= 4 is 28.9 Å². The van der Waals surface area contributed by atoms with E-state index in [1.54, 1.807) is 7.11 Å². The molecule has 0 saturated carbocycles. The molecule has 0 amide bonds. The van der Waals surface area contributed by atoms with Crippen molar-refractivity contribution in [1.29, 1.82) is 0 Å². The fraction of sp³-hybridized carbons (Fsp3) is 0.238. The van der Waals surface area contributed by atoms with Crippen LogP contribution in [0, 0.1) is 6.92 Å². The number of nitrogens with zero attached hydrogens (tertiary/aromatic N) is 2. The summed E-state index contributed by atoms with van der Waals surface area (Å²) in [6.45, 7) is 3.49. The highest BCUT2D eigenvalue weighted by molar-refractivity contribution is 6.30. The number of aryl methyl sites for hydroxylation is 1. The summed E-state index contributed by atoms with van der Waals surface area (Å²) < 4.78 is 5.10. The monoisotopic (exact) mass is 382 g/mol. The summed E-state index contributed by atoms with van der Waals surface area (Å²) in [7, 11) is 1.70. The Morgan fingerprint density at radius 3 is 2.52 bits per heavy atom. The first-order chi connectivity index (χ1) is 13.2. The number of halogens is 1. The Hall–Kier alpha value is -2.63. The van der Waals surface area contributed by atoms with Crippen LogP contribution in [0.25, 0.3) is 11.4 Å². The molecular weight excluding hydrogens is 360 g/mol. The smallest absolute Gasteiger partial charge is 0.163 e. The zero-order valence-corrected chi connectivity index (χ0v) is 16.3. The molecule has 27 heavy (non-hydrogen) atoms. The van der Waals surface area contributed by atoms with Crippen LogP contribution in [0.1, 0.15) is 12.0 Å². The fourth-order valence-electron chi connectivity index (χ4n) is 2.66. The highest BCUT2D eigenvalue weighted by atomic mass is 35.5. The Morgan fingerprint density at radius 2 is 1.78 bits per heavy atom. The molecule has 0 aliphatic rings. The van der Waals surface area contributed by atoms with Crippen molar-refractivity contribution in [3.63, 3.8) is 0 Å². The summed E-state index contributed by atoms with van der Waals surface area (Å²) in [5, 5.41) is 7.44. The van der Waals surface area contributed by atoms with E-state index in [9.17, 15) is 0 Å². The molecule has 0 atom stereocenters. The van der Waals surface area contributed by atoms with E-state index in [1.165, 1.54) is 0 Å². The van der Waals surface area contributed by atoms with E-state index in [0.29, 0.717) is 17.5 Å². The Balaban J connectivity index is 1.89. The number of benzene rings is 2. The summed E-state index contributed by atoms with van der Waals surface area (Å²) in [5.74, 6) is 2.17. The van der Waals surface area contributed by atoms with E-state index in [0.717, 1.165) is 41.4 Å². The largest absolute Gasteiger partial charge is 0.385 e. The maximum absolute atomic E-state index is 6.06. The molecule has 0 saturated heterocycles. The molecule has 0 bridgehead atoms. The van der Waals surface area contributed by atoms with Crippen molar-refractivity contribution in [2.45, 2.75) is 13.3 Å². The third kappa shape index (κ3) is 5.42. The number of hydrogen-bond acceptors (Lipinski definition) is 5. The van der Waals surface area contributed by atoms with E-state index in [-0.39, 0.29) is 0 Å². The summed E-state index contributed by atoms with van der Waals surface area (Å²) in [5.41, 5.74) is 2.98. The molecule has 6 heteroatoms. The van der Waals surface area contributed by atoms with Crippen LogP contribution in [0.4, 0.5) is 17.3 Å². The Kier molecular flexibility index (Phi) is 6.63. The van der Waals surface area contributed by atoms with E-state index in [1.807, 2.05) is 61.5 Å². The van der Waals surface area contributed by atoms with Crippen LogP contribution < -0.4 is 10.6 Å². The number of anilines is 3. The van der Waals surface area contributed by atoms with Crippen molar-refractivity contribution in [1.82, 2.24) is 9.97 Å². The highest BCUT2D eigenvalue weighted by Gasteiger charge is 2.08. The number of nitrogens with one attached hydrogen (secondary N) is 2. The van der Waals surface area contributed by atoms with Crippen molar-refractivity contribution < 1.29 is 4.74 Å². The summed E-state index contributed by atoms with van der Waals surface area (Å²) in [6, 6.07) is 17.6. The Morgan fingerprint density at radius 1 is 1.00 bits per heavy atom. The van der Waals surface area contributed by atoms with Crippen molar-refractivity contribution in [3.8, 4) is 11.4 Å². The van der Waals surface area contributed by atoms with Crippen LogP contribution in [-0.4, -0.2) is 30.2 Å². The lowest BCUT2D eigenvalue weighted by Gasteiger charge is -2.13. The van der Waals surface area contributed by atoms with Crippen LogP contribution in [0.15, 0.2) is 54.6 Å². The second-order valence-electron chi connectivity index (χ2n) is 6.19. The minimum atomic E-state index is 0.668. The number of hydrogen-bond donors (Lipinski definition) is 2. The third-order valence-corrected chi connectivity index (χ3v) is 4.28. The normalized spacial score (nSPS) is 10.6. The maximum atomic E-state index is 6.06. The van der Waals surface area contributed by atoms with Gasteiger partial charge >= 0.3 is 0 Å². The van der Waals surface area contributed by atoms with E-state index in [2.05, 4.69) is 20.6 Å². The van der Waals surface area contributed by atoms with E-state index in [4.69, 9.17) is 16.3 Å². The molecule has 0 aliphatic heterocycles. The van der Waals surface area contributed by atoms with Gasteiger partial charge in [0.1, 0.15) is 11.6 Å². The molecule has 3 rings (SSSR count). The van der Waals surface area contributed by atoms with E-state index >= 15 is 0 Å². The molecule has 1 heterocycles. The maximum Gasteiger partial charge on any atom is 0.163 e. The third-order valence-electron chi connectivity index (χ3n) is 4.04. The summed E-state index contributed by atoms with van der Waals surface area (Å²) in [6.07, 6.45) is 0.903. The molecule has 0 spiro atoms. The molecule has 2 N–H and O–H groups in total. The van der Waals surface area contributed by atoms with Gasteiger partial charge in [0.05, 0.1) is 0 Å². The van der Waals surface area contributed by atoms with Crippen LogP contribution >= 0.6 is 11.6 Å². The first-order valence-electron chi connectivity index (χ1n) is 8.86. The lowest BCUT2D eigenvalue weighted by Crippen LogP contribution is -2.08. The van der Waals surface area contributed by atoms with Crippen LogP contribution in [0.2, 0.25) is 5.02 Å². The van der Waals surface area contributed by atoms with Crippen molar-refractivity contribution in [3.05, 3.63) is 65.2 Å². The first-order valence-corrected chi connectivity index (χ1v) is 9.24. The van der Waals surface area contributed by atoms with Gasteiger partial charge in [0.15, 0.2) is 5.82 Å². The predicted octanol–water partition coefficient (Wildman–Crippen LogP) is 5.30. The number of rotatable bonds is 8. The standard InChI is InChI=1S/C21H23ClN4O/c1-15-13-17(22)9-10-18(15)24-20-14-19(23-11-6-12-27-2)25-21(26-20)16-7-4-3-5-8-16/h3-5,7-10,13-14H,6,11-12H2,1-2H3,(H2,23,24,25,26). The van der Waals surface area contributed by atoms with Gasteiger partial charge in [0, 0.05) is 42.6 Å². The molecule has 0 unspecified atom stereocenters. The number of aromatic nitrogens is 2. The lowest BCUT2D eigenvalue weighted by molar-refractivity contribution is 0.198. The van der Waals surface area contributed by atoms with Crippen molar-refractivity contribution in [2.24, 2.45) is 0 Å². The molecule has 0 aliphatic carbocycles. The number of ether oxygens (including phenoxy) is 1. The fourth-order valence-corrected chi connectivity index (χ4v) is 2.88. The van der Waals surface area contributed by atoms with Gasteiger partial charge in [-0.15, -0.1) is 0 Å². The zero-order valence-electron chi connectivity index (χ0n) is 15.5. The molecule has 5 nitrogen and oxygen atoms in total. The van der Waals surface area contributed by atoms with Crippen LogP contribution in [0.5, 0.6) is 0 Å². The SMILES string of the molecule is COCCCNc1cc(Nc2ccc(Cl)cc2C)nc(-c2ccccc2)n1. The summed E-state index contributed by atoms with van der Waals surface area (Å²) >= 11 is 6.06. The number of methoxy groups -OCH3 is 1. The van der Waals surface area contributed by atoms with Gasteiger partial charge in [-0.3, -0.25) is 0 Å². The predicted molar refractivity (Wildman–Crippen MR) is 112 cm³/mol. The average Bonchev–Trinajstić information content (AvgIpc) is 2.68. The molecule has 2 aromatic carbocycles. The molecular formula is C21H23ClN4O. The first kappa shape index (κ1) is 19.1. The van der Waals surface area contributed by atoms with Gasteiger partial charge in [-0.05, 0) is 37.1 Å². The van der Waals surface area contributed by atoms with Gasteiger partial charge < -0.3 is 15.4 Å². The molecule has 0 radical (unpaired) electrons. The Bertz CT molecular complexity index is 887. The Labute approximate surface area is 164 Å². The second kappa shape index (κ2) is 9.35. The van der Waals surface area contributed by atoms with Gasteiger partial charge in [0.2, 0.25) is 0 Å². The molecule has 3 aromatic rings. The highest BCUT2D eigenvalue weighted by Crippen LogP contribution is 2.26. The average molecular weight is 383 g/mol. The van der Waals surface area contributed by atoms with Gasteiger partial charge in [-0.1, -0.05) is 41.9 Å². The molecule has 140 valence electrons. The van der Waals surface area contributed by atoms with Gasteiger partial charge in [0.25, 0.3) is 0 Å². The molecule has 0 fully saturated rings. The van der Waals surface area contributed by atoms with Gasteiger partial charge in [-0.2, -0.15) is 0 Å². The molecule has 1 aromatic heterocycles. The minimum Gasteiger partial charge on any atom is -0.385 e. The topological polar surface area (TPSA) is 59.1 Å².